The molecule has 0 aliphatic carbocycles. The number of carbonyl (C=O) groups is 1. The Morgan fingerprint density at radius 2 is 1.74 bits per heavy atom. The van der Waals surface area contributed by atoms with Crippen molar-refractivity contribution in [1.82, 2.24) is 5.32 Å². The highest BCUT2D eigenvalue weighted by molar-refractivity contribution is 5.70. The summed E-state index contributed by atoms with van der Waals surface area (Å²) >= 11 is 0. The third-order valence-corrected chi connectivity index (χ3v) is 2.64. The van der Waals surface area contributed by atoms with Gasteiger partial charge in [-0.3, -0.25) is 4.79 Å². The Hall–Kier alpha value is -1.35. The molecule has 0 aliphatic rings. The lowest BCUT2D eigenvalue weighted by Gasteiger charge is -2.19. The van der Waals surface area contributed by atoms with Gasteiger partial charge in [0, 0.05) is 13.0 Å². The first-order valence-electron chi connectivity index (χ1n) is 6.91. The van der Waals surface area contributed by atoms with E-state index in [1.165, 1.54) is 11.1 Å². The van der Waals surface area contributed by atoms with Crippen LogP contribution in [0, 0.1) is 0 Å². The molecule has 1 rings (SSSR count). The van der Waals surface area contributed by atoms with Gasteiger partial charge in [0.1, 0.15) is 5.60 Å². The number of rotatable bonds is 6. The molecule has 106 valence electrons. The lowest BCUT2D eigenvalue weighted by molar-refractivity contribution is -0.154. The molecule has 0 spiro atoms. The van der Waals surface area contributed by atoms with Crippen molar-refractivity contribution in [2.45, 2.75) is 52.7 Å². The van der Waals surface area contributed by atoms with Gasteiger partial charge in [0.25, 0.3) is 0 Å². The predicted molar refractivity (Wildman–Crippen MR) is 78.0 cm³/mol. The van der Waals surface area contributed by atoms with Crippen molar-refractivity contribution >= 4 is 5.97 Å². The van der Waals surface area contributed by atoms with Gasteiger partial charge in [0.15, 0.2) is 0 Å². The molecule has 1 N–H and O–H groups in total. The topological polar surface area (TPSA) is 38.3 Å². The van der Waals surface area contributed by atoms with Crippen molar-refractivity contribution in [2.75, 3.05) is 6.54 Å². The summed E-state index contributed by atoms with van der Waals surface area (Å²) < 4.78 is 5.29. The zero-order chi connectivity index (χ0) is 14.3. The number of benzene rings is 1. The minimum atomic E-state index is -0.396. The molecule has 0 amide bonds. The molecule has 0 fully saturated rings. The molecule has 0 saturated carbocycles. The molecule has 0 radical (unpaired) electrons. The molecule has 0 aromatic heterocycles. The Kier molecular flexibility index (Phi) is 6.03. The van der Waals surface area contributed by atoms with Crippen LogP contribution in [0.5, 0.6) is 0 Å². The zero-order valence-electron chi connectivity index (χ0n) is 12.5. The Morgan fingerprint density at radius 1 is 1.16 bits per heavy atom. The van der Waals surface area contributed by atoms with Crippen molar-refractivity contribution in [3.63, 3.8) is 0 Å². The normalized spacial score (nSPS) is 11.4. The van der Waals surface area contributed by atoms with Crippen molar-refractivity contribution in [3.05, 3.63) is 35.4 Å². The van der Waals surface area contributed by atoms with Gasteiger partial charge >= 0.3 is 5.97 Å². The van der Waals surface area contributed by atoms with Crippen LogP contribution in [0.15, 0.2) is 24.3 Å². The van der Waals surface area contributed by atoms with Crippen molar-refractivity contribution in [1.29, 1.82) is 0 Å². The molecular weight excluding hydrogens is 238 g/mol. The summed E-state index contributed by atoms with van der Waals surface area (Å²) in [7, 11) is 0. The quantitative estimate of drug-likeness (QED) is 0.802. The van der Waals surface area contributed by atoms with Gasteiger partial charge in [0.2, 0.25) is 0 Å². The van der Waals surface area contributed by atoms with Gasteiger partial charge < -0.3 is 10.1 Å². The van der Waals surface area contributed by atoms with Crippen molar-refractivity contribution < 1.29 is 9.53 Å². The number of carbonyl (C=O) groups excluding carboxylic acids is 1. The second kappa shape index (κ2) is 7.29. The van der Waals surface area contributed by atoms with Crippen LogP contribution in [0.2, 0.25) is 0 Å². The minimum absolute atomic E-state index is 0.135. The molecule has 0 saturated heterocycles. The maximum atomic E-state index is 11.6. The van der Waals surface area contributed by atoms with E-state index in [-0.39, 0.29) is 5.97 Å². The molecule has 3 heteroatoms. The van der Waals surface area contributed by atoms with Crippen molar-refractivity contribution in [3.8, 4) is 0 Å². The maximum Gasteiger partial charge on any atom is 0.306 e. The highest BCUT2D eigenvalue weighted by Gasteiger charge is 2.15. The van der Waals surface area contributed by atoms with E-state index in [2.05, 4.69) is 36.5 Å². The van der Waals surface area contributed by atoms with E-state index >= 15 is 0 Å². The second-order valence-electron chi connectivity index (χ2n) is 5.68. The summed E-state index contributed by atoms with van der Waals surface area (Å²) in [6, 6.07) is 8.37. The number of hydrogen-bond acceptors (Lipinski definition) is 3. The zero-order valence-corrected chi connectivity index (χ0v) is 12.5. The van der Waals surface area contributed by atoms with E-state index in [0.29, 0.717) is 6.42 Å². The van der Waals surface area contributed by atoms with E-state index < -0.39 is 5.60 Å². The largest absolute Gasteiger partial charge is 0.460 e. The van der Waals surface area contributed by atoms with E-state index in [0.717, 1.165) is 19.5 Å². The number of hydrogen-bond donors (Lipinski definition) is 1. The summed E-state index contributed by atoms with van der Waals surface area (Å²) in [4.78, 5) is 11.6. The monoisotopic (exact) mass is 263 g/mol. The SMILES string of the molecule is CCNCc1ccc(CCC(=O)OC(C)(C)C)cc1. The molecule has 0 bridgehead atoms. The van der Waals surface area contributed by atoms with Crippen LogP contribution in [0.25, 0.3) is 0 Å². The first-order chi connectivity index (χ1) is 8.90. The fourth-order valence-electron chi connectivity index (χ4n) is 1.73. The van der Waals surface area contributed by atoms with Crippen LogP contribution in [-0.4, -0.2) is 18.1 Å². The van der Waals surface area contributed by atoms with Gasteiger partial charge in [-0.05, 0) is 44.9 Å². The van der Waals surface area contributed by atoms with Crippen LogP contribution in [-0.2, 0) is 22.5 Å². The lowest BCUT2D eigenvalue weighted by atomic mass is 10.1. The third-order valence-electron chi connectivity index (χ3n) is 2.64. The molecule has 3 nitrogen and oxygen atoms in total. The van der Waals surface area contributed by atoms with E-state index in [1.54, 1.807) is 0 Å². The number of esters is 1. The van der Waals surface area contributed by atoms with Crippen LogP contribution >= 0.6 is 0 Å². The first-order valence-corrected chi connectivity index (χ1v) is 6.91. The average molecular weight is 263 g/mol. The highest BCUT2D eigenvalue weighted by atomic mass is 16.6. The molecule has 0 aliphatic heterocycles. The molecule has 0 unspecified atom stereocenters. The molecule has 0 atom stereocenters. The Labute approximate surface area is 116 Å². The number of nitrogens with one attached hydrogen (secondary N) is 1. The van der Waals surface area contributed by atoms with Gasteiger partial charge in [-0.15, -0.1) is 0 Å². The molecular formula is C16H25NO2. The summed E-state index contributed by atoms with van der Waals surface area (Å²) in [6.07, 6.45) is 1.17. The van der Waals surface area contributed by atoms with E-state index in [4.69, 9.17) is 4.74 Å². The van der Waals surface area contributed by atoms with Crippen LogP contribution < -0.4 is 5.32 Å². The average Bonchev–Trinajstić information content (AvgIpc) is 2.33. The molecule has 1 aromatic carbocycles. The van der Waals surface area contributed by atoms with Crippen LogP contribution in [0.3, 0.4) is 0 Å². The molecule has 1 aromatic rings. The van der Waals surface area contributed by atoms with E-state index in [9.17, 15) is 4.79 Å². The van der Waals surface area contributed by atoms with Crippen LogP contribution in [0.4, 0.5) is 0 Å². The standard InChI is InChI=1S/C16H25NO2/c1-5-17-12-14-8-6-13(7-9-14)10-11-15(18)19-16(2,3)4/h6-9,17H,5,10-12H2,1-4H3. The van der Waals surface area contributed by atoms with Gasteiger partial charge in [-0.25, -0.2) is 0 Å². The number of aryl methyl sites for hydroxylation is 1. The predicted octanol–water partition coefficient (Wildman–Crippen LogP) is 3.07. The van der Waals surface area contributed by atoms with Gasteiger partial charge in [-0.2, -0.15) is 0 Å². The summed E-state index contributed by atoms with van der Waals surface area (Å²) in [6.45, 7) is 9.62. The second-order valence-corrected chi connectivity index (χ2v) is 5.68. The Morgan fingerprint density at radius 3 is 2.26 bits per heavy atom. The Balaban J connectivity index is 2.39. The fraction of sp³-hybridized carbons (Fsp3) is 0.562. The van der Waals surface area contributed by atoms with Gasteiger partial charge in [0.05, 0.1) is 0 Å². The number of ether oxygens (including phenoxy) is 1. The third kappa shape index (κ3) is 6.97. The van der Waals surface area contributed by atoms with Gasteiger partial charge in [-0.1, -0.05) is 31.2 Å². The summed E-state index contributed by atoms with van der Waals surface area (Å²) in [5.41, 5.74) is 2.04. The Bertz CT molecular complexity index is 390. The summed E-state index contributed by atoms with van der Waals surface area (Å²) in [5.74, 6) is -0.135. The van der Waals surface area contributed by atoms with E-state index in [1.807, 2.05) is 20.8 Å². The van der Waals surface area contributed by atoms with Crippen LogP contribution in [0.1, 0.15) is 45.2 Å². The van der Waals surface area contributed by atoms with Crippen molar-refractivity contribution in [2.24, 2.45) is 0 Å². The minimum Gasteiger partial charge on any atom is -0.460 e. The molecule has 0 heterocycles. The fourth-order valence-corrected chi connectivity index (χ4v) is 1.73. The highest BCUT2D eigenvalue weighted by Crippen LogP contribution is 2.11. The first kappa shape index (κ1) is 15.7. The molecule has 19 heavy (non-hydrogen) atoms. The maximum absolute atomic E-state index is 11.6. The smallest absolute Gasteiger partial charge is 0.306 e. The lowest BCUT2D eigenvalue weighted by Crippen LogP contribution is -2.24. The summed E-state index contributed by atoms with van der Waals surface area (Å²) in [5, 5.41) is 3.29.